The number of rotatable bonds is 4. The number of amides is 1. The topological polar surface area (TPSA) is 72.3 Å². The van der Waals surface area contributed by atoms with Crippen molar-refractivity contribution in [1.29, 1.82) is 0 Å². The molecule has 0 aliphatic carbocycles. The Hall–Kier alpha value is -2.90. The van der Waals surface area contributed by atoms with Gasteiger partial charge in [-0.05, 0) is 42.0 Å². The zero-order valence-electron chi connectivity index (χ0n) is 15.5. The van der Waals surface area contributed by atoms with Gasteiger partial charge in [-0.15, -0.1) is 12.4 Å². The van der Waals surface area contributed by atoms with Gasteiger partial charge in [-0.3, -0.25) is 9.78 Å². The van der Waals surface area contributed by atoms with Gasteiger partial charge in [-0.1, -0.05) is 6.07 Å². The van der Waals surface area contributed by atoms with Crippen molar-refractivity contribution in [3.8, 4) is 11.4 Å². The van der Waals surface area contributed by atoms with Gasteiger partial charge in [0.1, 0.15) is 5.75 Å². The van der Waals surface area contributed by atoms with Crippen LogP contribution in [0, 0.1) is 0 Å². The lowest BCUT2D eigenvalue weighted by molar-refractivity contribution is 0.0627. The van der Waals surface area contributed by atoms with Crippen LogP contribution in [0.25, 0.3) is 5.69 Å². The molecule has 1 aromatic carbocycles. The predicted molar refractivity (Wildman–Crippen MR) is 108 cm³/mol. The molecular weight excluding hydrogens is 378 g/mol. The smallest absolute Gasteiger partial charge is 0.274 e. The third kappa shape index (κ3) is 4.00. The molecule has 8 heteroatoms. The largest absolute Gasteiger partial charge is 0.497 e. The normalized spacial score (nSPS) is 16.3. The van der Waals surface area contributed by atoms with Gasteiger partial charge >= 0.3 is 0 Å². The molecule has 0 bridgehead atoms. The number of hydrogen-bond acceptors (Lipinski definition) is 5. The van der Waals surface area contributed by atoms with E-state index < -0.39 is 0 Å². The van der Waals surface area contributed by atoms with Gasteiger partial charge in [0.15, 0.2) is 5.69 Å². The number of nitrogens with zero attached hydrogens (tertiary/aromatic N) is 4. The van der Waals surface area contributed by atoms with Gasteiger partial charge in [0.25, 0.3) is 5.91 Å². The van der Waals surface area contributed by atoms with E-state index in [1.54, 1.807) is 30.3 Å². The molecule has 2 aromatic heterocycles. The van der Waals surface area contributed by atoms with Gasteiger partial charge in [0, 0.05) is 38.2 Å². The molecule has 1 amide bonds. The Morgan fingerprint density at radius 2 is 2.04 bits per heavy atom. The number of aromatic nitrogens is 3. The van der Waals surface area contributed by atoms with Crippen molar-refractivity contribution in [2.45, 2.75) is 6.04 Å². The maximum atomic E-state index is 13.1. The fourth-order valence-corrected chi connectivity index (χ4v) is 3.28. The number of methoxy groups -OCH3 is 1. The Morgan fingerprint density at radius 1 is 1.21 bits per heavy atom. The zero-order valence-corrected chi connectivity index (χ0v) is 16.3. The maximum absolute atomic E-state index is 13.1. The average Bonchev–Trinajstić information content (AvgIpc) is 3.24. The van der Waals surface area contributed by atoms with Crippen molar-refractivity contribution in [1.82, 2.24) is 25.0 Å². The highest BCUT2D eigenvalue weighted by Crippen LogP contribution is 2.23. The van der Waals surface area contributed by atoms with Crippen LogP contribution in [0.15, 0.2) is 61.1 Å². The second-order valence-corrected chi connectivity index (χ2v) is 6.35. The van der Waals surface area contributed by atoms with Gasteiger partial charge in [-0.2, -0.15) is 5.10 Å². The summed E-state index contributed by atoms with van der Waals surface area (Å²) in [7, 11) is 1.63. The third-order valence-electron chi connectivity index (χ3n) is 4.72. The van der Waals surface area contributed by atoms with Crippen LogP contribution in [-0.4, -0.2) is 52.3 Å². The first kappa shape index (κ1) is 19.9. The van der Waals surface area contributed by atoms with Crippen molar-refractivity contribution < 1.29 is 9.53 Å². The van der Waals surface area contributed by atoms with E-state index in [1.807, 2.05) is 47.5 Å². The molecule has 0 spiro atoms. The van der Waals surface area contributed by atoms with Gasteiger partial charge in [0.2, 0.25) is 0 Å². The predicted octanol–water partition coefficient (Wildman–Crippen LogP) is 2.48. The first-order chi connectivity index (χ1) is 13.3. The highest BCUT2D eigenvalue weighted by atomic mass is 35.5. The van der Waals surface area contributed by atoms with Crippen LogP contribution in [0.3, 0.4) is 0 Å². The van der Waals surface area contributed by atoms with Gasteiger partial charge < -0.3 is 15.0 Å². The Kier molecular flexibility index (Phi) is 6.28. The third-order valence-corrected chi connectivity index (χ3v) is 4.72. The molecule has 1 unspecified atom stereocenters. The highest BCUT2D eigenvalue weighted by molar-refractivity contribution is 5.92. The number of carbonyl (C=O) groups is 1. The number of ether oxygens (including phenoxy) is 1. The second kappa shape index (κ2) is 8.86. The molecule has 1 atom stereocenters. The Morgan fingerprint density at radius 3 is 2.75 bits per heavy atom. The summed E-state index contributed by atoms with van der Waals surface area (Å²) < 4.78 is 6.88. The minimum Gasteiger partial charge on any atom is -0.497 e. The highest BCUT2D eigenvalue weighted by Gasteiger charge is 2.29. The summed E-state index contributed by atoms with van der Waals surface area (Å²) >= 11 is 0. The standard InChI is InChI=1S/C20H21N5O2.ClH/c1-27-17-6-4-16(5-7-17)25-11-8-18(23-25)20(26)24-12-10-22-14-19(24)15-3-2-9-21-13-15;/h2-9,11,13,19,22H,10,12,14H2,1H3;1H. The number of pyridine rings is 1. The summed E-state index contributed by atoms with van der Waals surface area (Å²) in [6.45, 7) is 2.10. The molecule has 1 saturated heterocycles. The molecule has 3 heterocycles. The first-order valence-electron chi connectivity index (χ1n) is 8.88. The molecule has 146 valence electrons. The Bertz CT molecular complexity index is 914. The summed E-state index contributed by atoms with van der Waals surface area (Å²) in [6.07, 6.45) is 5.35. The summed E-state index contributed by atoms with van der Waals surface area (Å²) in [5.41, 5.74) is 2.33. The lowest BCUT2D eigenvalue weighted by Crippen LogP contribution is -2.48. The molecule has 0 saturated carbocycles. The van der Waals surface area contributed by atoms with E-state index in [-0.39, 0.29) is 24.4 Å². The second-order valence-electron chi connectivity index (χ2n) is 6.35. The lowest BCUT2D eigenvalue weighted by atomic mass is 10.0. The van der Waals surface area contributed by atoms with Crippen LogP contribution < -0.4 is 10.1 Å². The number of nitrogens with one attached hydrogen (secondary N) is 1. The van der Waals surface area contributed by atoms with E-state index in [4.69, 9.17) is 4.74 Å². The minimum atomic E-state index is -0.0717. The lowest BCUT2D eigenvalue weighted by Gasteiger charge is -2.36. The minimum absolute atomic E-state index is 0. The van der Waals surface area contributed by atoms with Crippen LogP contribution in [-0.2, 0) is 0 Å². The number of hydrogen-bond donors (Lipinski definition) is 1. The zero-order chi connectivity index (χ0) is 18.6. The van der Waals surface area contributed by atoms with E-state index in [9.17, 15) is 4.79 Å². The molecule has 1 aliphatic heterocycles. The molecule has 1 N–H and O–H groups in total. The van der Waals surface area contributed by atoms with Crippen molar-refractivity contribution in [2.75, 3.05) is 26.7 Å². The Balaban J connectivity index is 0.00000225. The van der Waals surface area contributed by atoms with Crippen LogP contribution in [0.4, 0.5) is 0 Å². The van der Waals surface area contributed by atoms with Crippen LogP contribution in [0.5, 0.6) is 5.75 Å². The number of benzene rings is 1. The molecule has 28 heavy (non-hydrogen) atoms. The molecule has 1 aliphatic rings. The summed E-state index contributed by atoms with van der Waals surface area (Å²) in [6, 6.07) is 13.2. The van der Waals surface area contributed by atoms with Crippen LogP contribution >= 0.6 is 12.4 Å². The van der Waals surface area contributed by atoms with E-state index in [0.717, 1.165) is 23.5 Å². The van der Waals surface area contributed by atoms with Crippen LogP contribution in [0.2, 0.25) is 0 Å². The fraction of sp³-hybridized carbons (Fsp3) is 0.250. The number of halogens is 1. The van der Waals surface area contributed by atoms with Crippen molar-refractivity contribution in [3.63, 3.8) is 0 Å². The Labute approximate surface area is 169 Å². The van der Waals surface area contributed by atoms with Crippen molar-refractivity contribution >= 4 is 18.3 Å². The quantitative estimate of drug-likeness (QED) is 0.729. The molecule has 0 radical (unpaired) electrons. The van der Waals surface area contributed by atoms with Crippen molar-refractivity contribution in [3.05, 3.63) is 72.3 Å². The average molecular weight is 400 g/mol. The number of carbonyl (C=O) groups excluding carboxylic acids is 1. The van der Waals surface area contributed by atoms with Gasteiger partial charge in [0.05, 0.1) is 18.8 Å². The van der Waals surface area contributed by atoms with E-state index in [2.05, 4.69) is 15.4 Å². The maximum Gasteiger partial charge on any atom is 0.274 e. The van der Waals surface area contributed by atoms with Crippen molar-refractivity contribution in [2.24, 2.45) is 0 Å². The molecule has 4 rings (SSSR count). The van der Waals surface area contributed by atoms with Gasteiger partial charge in [-0.25, -0.2) is 4.68 Å². The molecule has 3 aromatic rings. The molecular formula is C20H22ClN5O2. The summed E-state index contributed by atoms with van der Waals surface area (Å²) in [5, 5.41) is 7.84. The fourth-order valence-electron chi connectivity index (χ4n) is 3.28. The van der Waals surface area contributed by atoms with E-state index in [0.29, 0.717) is 18.8 Å². The monoisotopic (exact) mass is 399 g/mol. The molecule has 1 fully saturated rings. The number of piperazine rings is 1. The van der Waals surface area contributed by atoms with E-state index in [1.165, 1.54) is 0 Å². The SMILES string of the molecule is COc1ccc(-n2ccc(C(=O)N3CCNCC3c3cccnc3)n2)cc1.Cl. The summed E-state index contributed by atoms with van der Waals surface area (Å²) in [4.78, 5) is 19.2. The molecule has 7 nitrogen and oxygen atoms in total. The van der Waals surface area contributed by atoms with Crippen LogP contribution in [0.1, 0.15) is 22.1 Å². The summed E-state index contributed by atoms with van der Waals surface area (Å²) in [5.74, 6) is 0.708. The van der Waals surface area contributed by atoms with E-state index >= 15 is 0 Å². The first-order valence-corrected chi connectivity index (χ1v) is 8.88.